The summed E-state index contributed by atoms with van der Waals surface area (Å²) in [6.07, 6.45) is 1.59. The van der Waals surface area contributed by atoms with Crippen LogP contribution in [-0.2, 0) is 0 Å². The molecular weight excluding hydrogens is 329 g/mol. The lowest BCUT2D eigenvalue weighted by Crippen LogP contribution is -2.19. The first-order valence-electron chi connectivity index (χ1n) is 8.44. The minimum Gasteiger partial charge on any atom is -0.342 e. The van der Waals surface area contributed by atoms with Crippen LogP contribution in [0.1, 0.15) is 23.0 Å². The van der Waals surface area contributed by atoms with Gasteiger partial charge in [0.25, 0.3) is 5.91 Å². The molecule has 0 aliphatic heterocycles. The maximum absolute atomic E-state index is 13.7. The molecule has 1 aromatic heterocycles. The van der Waals surface area contributed by atoms with Crippen molar-refractivity contribution in [2.75, 3.05) is 16.8 Å². The number of aryl methyl sites for hydroxylation is 1. The second-order valence-corrected chi connectivity index (χ2v) is 5.92. The maximum Gasteiger partial charge on any atom is 0.274 e. The van der Waals surface area contributed by atoms with Gasteiger partial charge in [0, 0.05) is 24.1 Å². The highest BCUT2D eigenvalue weighted by atomic mass is 19.1. The van der Waals surface area contributed by atoms with Crippen molar-refractivity contribution in [3.63, 3.8) is 0 Å². The normalized spacial score (nSPS) is 10.4. The molecule has 2 aromatic carbocycles. The summed E-state index contributed by atoms with van der Waals surface area (Å²) < 4.78 is 13.7. The first kappa shape index (κ1) is 17.6. The molecule has 0 fully saturated rings. The van der Waals surface area contributed by atoms with Crippen LogP contribution in [0, 0.1) is 12.7 Å². The lowest BCUT2D eigenvalue weighted by molar-refractivity contribution is 0.102. The van der Waals surface area contributed by atoms with E-state index in [0.717, 1.165) is 23.5 Å². The van der Waals surface area contributed by atoms with E-state index in [2.05, 4.69) is 21.3 Å². The summed E-state index contributed by atoms with van der Waals surface area (Å²) in [6.45, 7) is 4.82. The van der Waals surface area contributed by atoms with Gasteiger partial charge < -0.3 is 10.2 Å². The Bertz CT molecular complexity index is 926. The number of rotatable bonds is 5. The van der Waals surface area contributed by atoms with Crippen molar-refractivity contribution in [2.45, 2.75) is 13.8 Å². The highest BCUT2D eigenvalue weighted by Crippen LogP contribution is 2.26. The van der Waals surface area contributed by atoms with Crippen LogP contribution in [-0.4, -0.2) is 17.4 Å². The van der Waals surface area contributed by atoms with Crippen molar-refractivity contribution in [3.8, 4) is 0 Å². The molecule has 0 bridgehead atoms. The average molecular weight is 349 g/mol. The highest BCUT2D eigenvalue weighted by molar-refractivity contribution is 6.03. The van der Waals surface area contributed by atoms with Crippen molar-refractivity contribution in [1.29, 1.82) is 0 Å². The van der Waals surface area contributed by atoms with Gasteiger partial charge in [0.15, 0.2) is 0 Å². The minimum atomic E-state index is -0.480. The monoisotopic (exact) mass is 349 g/mol. The summed E-state index contributed by atoms with van der Waals surface area (Å²) in [4.78, 5) is 18.7. The van der Waals surface area contributed by atoms with Crippen LogP contribution in [0.3, 0.4) is 0 Å². The number of para-hydroxylation sites is 1. The fraction of sp³-hybridized carbons (Fsp3) is 0.143. The molecule has 0 unspecified atom stereocenters. The third-order valence-electron chi connectivity index (χ3n) is 4.04. The molecule has 0 spiro atoms. The Labute approximate surface area is 152 Å². The number of aromatic nitrogens is 1. The molecule has 3 aromatic rings. The number of pyridine rings is 1. The molecule has 1 amide bonds. The van der Waals surface area contributed by atoms with Gasteiger partial charge in [-0.1, -0.05) is 24.3 Å². The first-order chi connectivity index (χ1) is 12.6. The Morgan fingerprint density at radius 2 is 1.85 bits per heavy atom. The van der Waals surface area contributed by atoms with Gasteiger partial charge >= 0.3 is 0 Å². The zero-order chi connectivity index (χ0) is 18.5. The van der Waals surface area contributed by atoms with Gasteiger partial charge in [-0.25, -0.2) is 4.39 Å². The zero-order valence-electron chi connectivity index (χ0n) is 14.7. The first-order valence-corrected chi connectivity index (χ1v) is 8.44. The van der Waals surface area contributed by atoms with E-state index in [4.69, 9.17) is 0 Å². The third-order valence-corrected chi connectivity index (χ3v) is 4.04. The fourth-order valence-electron chi connectivity index (χ4n) is 2.77. The number of anilines is 3. The number of nitrogens with zero attached hydrogens (tertiary/aromatic N) is 2. The second kappa shape index (κ2) is 7.78. The van der Waals surface area contributed by atoms with E-state index >= 15 is 0 Å². The fourth-order valence-corrected chi connectivity index (χ4v) is 2.77. The van der Waals surface area contributed by atoms with Gasteiger partial charge in [0.05, 0.1) is 5.69 Å². The lowest BCUT2D eigenvalue weighted by Gasteiger charge is -2.24. The zero-order valence-corrected chi connectivity index (χ0v) is 14.7. The van der Waals surface area contributed by atoms with Crippen LogP contribution in [0.15, 0.2) is 66.9 Å². The number of nitrogens with one attached hydrogen (secondary N) is 1. The van der Waals surface area contributed by atoms with Crippen LogP contribution < -0.4 is 10.2 Å². The summed E-state index contributed by atoms with van der Waals surface area (Å²) in [7, 11) is 0. The van der Waals surface area contributed by atoms with Gasteiger partial charge in [-0.3, -0.25) is 9.78 Å². The van der Waals surface area contributed by atoms with Gasteiger partial charge in [0.2, 0.25) is 0 Å². The number of hydrogen-bond acceptors (Lipinski definition) is 3. The summed E-state index contributed by atoms with van der Waals surface area (Å²) in [6, 6.07) is 17.8. The molecule has 3 rings (SSSR count). The summed E-state index contributed by atoms with van der Waals surface area (Å²) in [5.41, 5.74) is 3.42. The minimum absolute atomic E-state index is 0.135. The van der Waals surface area contributed by atoms with E-state index in [9.17, 15) is 9.18 Å². The number of hydrogen-bond donors (Lipinski definition) is 1. The van der Waals surface area contributed by atoms with Gasteiger partial charge in [-0.05, 0) is 55.8 Å². The van der Waals surface area contributed by atoms with Crippen molar-refractivity contribution in [3.05, 3.63) is 83.9 Å². The van der Waals surface area contributed by atoms with E-state index in [1.807, 2.05) is 38.1 Å². The van der Waals surface area contributed by atoms with E-state index in [1.54, 1.807) is 24.4 Å². The standard InChI is InChI=1S/C21H20FN3O/c1-3-25(16-8-6-7-15(2)13-16)17-11-12-23-20(14-17)21(26)24-19-10-5-4-9-18(19)22/h4-14H,3H2,1-2H3,(H,24,26). The highest BCUT2D eigenvalue weighted by Gasteiger charge is 2.14. The van der Waals surface area contributed by atoms with E-state index in [0.29, 0.717) is 0 Å². The van der Waals surface area contributed by atoms with Gasteiger partial charge in [-0.15, -0.1) is 0 Å². The Balaban J connectivity index is 1.87. The average Bonchev–Trinajstić information content (AvgIpc) is 2.64. The molecule has 5 heteroatoms. The summed E-state index contributed by atoms with van der Waals surface area (Å²) >= 11 is 0. The maximum atomic E-state index is 13.7. The molecule has 1 N–H and O–H groups in total. The van der Waals surface area contributed by atoms with E-state index in [-0.39, 0.29) is 11.4 Å². The molecule has 0 radical (unpaired) electrons. The molecule has 132 valence electrons. The Morgan fingerprint density at radius 1 is 1.08 bits per heavy atom. The second-order valence-electron chi connectivity index (χ2n) is 5.92. The van der Waals surface area contributed by atoms with Crippen LogP contribution in [0.25, 0.3) is 0 Å². The molecule has 4 nitrogen and oxygen atoms in total. The van der Waals surface area contributed by atoms with Crippen molar-refractivity contribution in [1.82, 2.24) is 4.98 Å². The summed E-state index contributed by atoms with van der Waals surface area (Å²) in [5.74, 6) is -0.927. The number of carbonyl (C=O) groups excluding carboxylic acids is 1. The molecule has 0 saturated carbocycles. The van der Waals surface area contributed by atoms with E-state index in [1.165, 1.54) is 12.1 Å². The largest absolute Gasteiger partial charge is 0.342 e. The third kappa shape index (κ3) is 3.88. The van der Waals surface area contributed by atoms with Crippen LogP contribution in [0.5, 0.6) is 0 Å². The quantitative estimate of drug-likeness (QED) is 0.710. The molecule has 0 atom stereocenters. The Morgan fingerprint density at radius 3 is 2.58 bits per heavy atom. The molecule has 1 heterocycles. The predicted octanol–water partition coefficient (Wildman–Crippen LogP) is 4.94. The lowest BCUT2D eigenvalue weighted by atomic mass is 10.2. The van der Waals surface area contributed by atoms with Crippen molar-refractivity contribution >= 4 is 23.0 Å². The van der Waals surface area contributed by atoms with Crippen LogP contribution >= 0.6 is 0 Å². The van der Waals surface area contributed by atoms with E-state index < -0.39 is 11.7 Å². The Kier molecular flexibility index (Phi) is 5.27. The Hall–Kier alpha value is -3.21. The van der Waals surface area contributed by atoms with Gasteiger partial charge in [0.1, 0.15) is 11.5 Å². The van der Waals surface area contributed by atoms with Crippen molar-refractivity contribution in [2.24, 2.45) is 0 Å². The molecule has 26 heavy (non-hydrogen) atoms. The predicted molar refractivity (Wildman–Crippen MR) is 102 cm³/mol. The number of halogens is 1. The smallest absolute Gasteiger partial charge is 0.274 e. The molecule has 0 saturated heterocycles. The van der Waals surface area contributed by atoms with Crippen LogP contribution in [0.2, 0.25) is 0 Å². The molecular formula is C21H20FN3O. The summed E-state index contributed by atoms with van der Waals surface area (Å²) in [5, 5.41) is 2.56. The topological polar surface area (TPSA) is 45.2 Å². The molecule has 0 aliphatic carbocycles. The van der Waals surface area contributed by atoms with Gasteiger partial charge in [-0.2, -0.15) is 0 Å². The number of carbonyl (C=O) groups is 1. The number of amides is 1. The van der Waals surface area contributed by atoms with Crippen LogP contribution in [0.4, 0.5) is 21.5 Å². The van der Waals surface area contributed by atoms with Crippen molar-refractivity contribution < 1.29 is 9.18 Å². The SMILES string of the molecule is CCN(c1cccc(C)c1)c1ccnc(C(=O)Nc2ccccc2F)c1. The molecule has 0 aliphatic rings. The number of benzene rings is 2.